The number of carbonyl (C=O) groups is 1. The number of methoxy groups -OCH3 is 1. The highest BCUT2D eigenvalue weighted by atomic mass is 79.9. The van der Waals surface area contributed by atoms with E-state index >= 15 is 0 Å². The van der Waals surface area contributed by atoms with E-state index in [2.05, 4.69) is 21.4 Å². The molecule has 2 aromatic rings. The van der Waals surface area contributed by atoms with Crippen LogP contribution in [0.2, 0.25) is 0 Å². The topological polar surface area (TPSA) is 47.6 Å². The molecule has 0 atom stereocenters. The summed E-state index contributed by atoms with van der Waals surface area (Å²) in [6, 6.07) is 17.5. The van der Waals surface area contributed by atoms with Gasteiger partial charge in [-0.15, -0.1) is 0 Å². The third kappa shape index (κ3) is 5.98. The normalized spacial score (nSPS) is 11.3. The monoisotopic (exact) mass is 375 g/mol. The van der Waals surface area contributed by atoms with Crippen LogP contribution in [0.15, 0.2) is 64.6 Å². The summed E-state index contributed by atoms with van der Waals surface area (Å²) in [6.07, 6.45) is 1.77. The molecule has 2 rings (SSSR count). The van der Waals surface area contributed by atoms with Gasteiger partial charge in [-0.2, -0.15) is 5.48 Å². The van der Waals surface area contributed by atoms with Crippen LogP contribution in [0, 0.1) is 0 Å². The van der Waals surface area contributed by atoms with Crippen LogP contribution >= 0.6 is 15.9 Å². The van der Waals surface area contributed by atoms with Crippen LogP contribution in [-0.2, 0) is 21.0 Å². The van der Waals surface area contributed by atoms with E-state index < -0.39 is 0 Å². The Balaban J connectivity index is 1.93. The number of ether oxygens (including phenoxy) is 1. The number of hydrogen-bond acceptors (Lipinski definition) is 4. The first-order valence-electron chi connectivity index (χ1n) is 7.12. The summed E-state index contributed by atoms with van der Waals surface area (Å²) in [5.41, 5.74) is 5.26. The SMILES string of the molecule is COC(=O)/C(=C/c1ccc(Br)cc1)CNOCc1ccccc1. The van der Waals surface area contributed by atoms with E-state index in [1.165, 1.54) is 7.11 Å². The van der Waals surface area contributed by atoms with Gasteiger partial charge in [0, 0.05) is 4.47 Å². The van der Waals surface area contributed by atoms with Crippen molar-refractivity contribution in [1.82, 2.24) is 5.48 Å². The summed E-state index contributed by atoms with van der Waals surface area (Å²) >= 11 is 3.38. The van der Waals surface area contributed by atoms with Gasteiger partial charge in [0.15, 0.2) is 0 Å². The summed E-state index contributed by atoms with van der Waals surface area (Å²) in [5.74, 6) is -0.385. The Morgan fingerprint density at radius 1 is 1.13 bits per heavy atom. The Hall–Kier alpha value is -1.95. The summed E-state index contributed by atoms with van der Waals surface area (Å²) in [6.45, 7) is 0.684. The smallest absolute Gasteiger partial charge is 0.335 e. The Labute approximate surface area is 144 Å². The highest BCUT2D eigenvalue weighted by Crippen LogP contribution is 2.13. The van der Waals surface area contributed by atoms with Gasteiger partial charge in [-0.3, -0.25) is 4.84 Å². The zero-order valence-electron chi connectivity index (χ0n) is 12.8. The van der Waals surface area contributed by atoms with Crippen molar-refractivity contribution in [2.24, 2.45) is 0 Å². The molecule has 0 bridgehead atoms. The van der Waals surface area contributed by atoms with E-state index in [9.17, 15) is 4.79 Å². The van der Waals surface area contributed by atoms with Crippen LogP contribution < -0.4 is 5.48 Å². The Bertz CT molecular complexity index is 654. The van der Waals surface area contributed by atoms with Crippen molar-refractivity contribution in [3.8, 4) is 0 Å². The van der Waals surface area contributed by atoms with Gasteiger partial charge < -0.3 is 4.74 Å². The first kappa shape index (κ1) is 17.4. The third-order valence-corrected chi connectivity index (χ3v) is 3.63. The molecule has 0 saturated carbocycles. The molecule has 0 aliphatic rings. The second-order valence-electron chi connectivity index (χ2n) is 4.81. The van der Waals surface area contributed by atoms with Gasteiger partial charge in [0.05, 0.1) is 25.8 Å². The molecule has 23 heavy (non-hydrogen) atoms. The lowest BCUT2D eigenvalue weighted by Gasteiger charge is -2.08. The number of esters is 1. The fourth-order valence-electron chi connectivity index (χ4n) is 1.91. The number of benzene rings is 2. The number of carbonyl (C=O) groups excluding carboxylic acids is 1. The highest BCUT2D eigenvalue weighted by molar-refractivity contribution is 9.10. The molecular weight excluding hydrogens is 358 g/mol. The van der Waals surface area contributed by atoms with E-state index in [-0.39, 0.29) is 12.5 Å². The first-order valence-corrected chi connectivity index (χ1v) is 7.91. The minimum Gasteiger partial charge on any atom is -0.466 e. The maximum atomic E-state index is 11.9. The number of rotatable bonds is 7. The molecule has 0 heterocycles. The second-order valence-corrected chi connectivity index (χ2v) is 5.72. The molecule has 0 aromatic heterocycles. The standard InChI is InChI=1S/C18H18BrNO3/c1-22-18(21)16(11-14-7-9-17(19)10-8-14)12-20-23-13-15-5-3-2-4-6-15/h2-11,20H,12-13H2,1H3/b16-11+. The summed E-state index contributed by atoms with van der Waals surface area (Å²) in [5, 5.41) is 0. The molecule has 5 heteroatoms. The van der Waals surface area contributed by atoms with Crippen LogP contribution in [0.25, 0.3) is 6.08 Å². The molecule has 0 fully saturated rings. The number of hydroxylamine groups is 1. The van der Waals surface area contributed by atoms with Gasteiger partial charge in [-0.25, -0.2) is 4.79 Å². The first-order chi connectivity index (χ1) is 11.2. The van der Waals surface area contributed by atoms with Crippen molar-refractivity contribution in [2.75, 3.05) is 13.7 Å². The fraction of sp³-hybridized carbons (Fsp3) is 0.167. The van der Waals surface area contributed by atoms with E-state index in [0.29, 0.717) is 12.2 Å². The Kier molecular flexibility index (Phi) is 7.00. The maximum absolute atomic E-state index is 11.9. The van der Waals surface area contributed by atoms with E-state index in [1.807, 2.05) is 54.6 Å². The van der Waals surface area contributed by atoms with Gasteiger partial charge in [0.2, 0.25) is 0 Å². The van der Waals surface area contributed by atoms with Crippen molar-refractivity contribution < 1.29 is 14.4 Å². The van der Waals surface area contributed by atoms with Gasteiger partial charge in [-0.1, -0.05) is 58.4 Å². The van der Waals surface area contributed by atoms with Gasteiger partial charge in [-0.05, 0) is 29.3 Å². The summed E-state index contributed by atoms with van der Waals surface area (Å²) in [4.78, 5) is 17.2. The van der Waals surface area contributed by atoms with Crippen molar-refractivity contribution in [3.63, 3.8) is 0 Å². The molecule has 0 radical (unpaired) electrons. The lowest BCUT2D eigenvalue weighted by atomic mass is 10.1. The Morgan fingerprint density at radius 3 is 2.48 bits per heavy atom. The molecule has 0 aliphatic carbocycles. The van der Waals surface area contributed by atoms with Gasteiger partial charge in [0.25, 0.3) is 0 Å². The molecule has 0 aliphatic heterocycles. The Morgan fingerprint density at radius 2 is 1.83 bits per heavy atom. The van der Waals surface area contributed by atoms with Crippen LogP contribution in [-0.4, -0.2) is 19.6 Å². The molecule has 0 unspecified atom stereocenters. The molecular formula is C18H18BrNO3. The molecule has 4 nitrogen and oxygen atoms in total. The number of nitrogens with one attached hydrogen (secondary N) is 1. The summed E-state index contributed by atoms with van der Waals surface area (Å²) in [7, 11) is 1.36. The van der Waals surface area contributed by atoms with Crippen LogP contribution in [0.5, 0.6) is 0 Å². The van der Waals surface area contributed by atoms with Crippen LogP contribution in [0.4, 0.5) is 0 Å². The molecule has 0 amide bonds. The van der Waals surface area contributed by atoms with Crippen molar-refractivity contribution >= 4 is 28.0 Å². The van der Waals surface area contributed by atoms with Crippen molar-refractivity contribution in [2.45, 2.75) is 6.61 Å². The number of halogens is 1. The highest BCUT2D eigenvalue weighted by Gasteiger charge is 2.09. The second kappa shape index (κ2) is 9.25. The quantitative estimate of drug-likeness (QED) is 0.346. The van der Waals surface area contributed by atoms with Gasteiger partial charge in [0.1, 0.15) is 0 Å². The third-order valence-electron chi connectivity index (χ3n) is 3.10. The zero-order chi connectivity index (χ0) is 16.5. The molecule has 1 N–H and O–H groups in total. The maximum Gasteiger partial charge on any atom is 0.335 e. The average Bonchev–Trinajstić information content (AvgIpc) is 2.59. The molecule has 2 aromatic carbocycles. The lowest BCUT2D eigenvalue weighted by Crippen LogP contribution is -2.22. The molecule has 0 spiro atoms. The van der Waals surface area contributed by atoms with E-state index in [4.69, 9.17) is 9.57 Å². The minimum absolute atomic E-state index is 0.259. The van der Waals surface area contributed by atoms with Crippen molar-refractivity contribution in [1.29, 1.82) is 0 Å². The predicted octanol–water partition coefficient (Wildman–Crippen LogP) is 3.73. The number of hydrogen-bond donors (Lipinski definition) is 1. The largest absolute Gasteiger partial charge is 0.466 e. The predicted molar refractivity (Wildman–Crippen MR) is 93.4 cm³/mol. The molecule has 0 saturated heterocycles. The minimum atomic E-state index is -0.385. The summed E-state index contributed by atoms with van der Waals surface area (Å²) < 4.78 is 5.80. The van der Waals surface area contributed by atoms with E-state index in [1.54, 1.807) is 6.08 Å². The lowest BCUT2D eigenvalue weighted by molar-refractivity contribution is -0.136. The van der Waals surface area contributed by atoms with Crippen LogP contribution in [0.1, 0.15) is 11.1 Å². The van der Waals surface area contributed by atoms with Crippen molar-refractivity contribution in [3.05, 3.63) is 75.8 Å². The van der Waals surface area contributed by atoms with Gasteiger partial charge >= 0.3 is 5.97 Å². The van der Waals surface area contributed by atoms with Crippen LogP contribution in [0.3, 0.4) is 0 Å². The van der Waals surface area contributed by atoms with E-state index in [0.717, 1.165) is 15.6 Å². The molecule has 120 valence electrons. The fourth-order valence-corrected chi connectivity index (χ4v) is 2.18. The zero-order valence-corrected chi connectivity index (χ0v) is 14.4. The average molecular weight is 376 g/mol.